The minimum absolute atomic E-state index is 0.300. The van der Waals surface area contributed by atoms with Gasteiger partial charge in [-0.2, -0.15) is 0 Å². The molecule has 3 rings (SSSR count). The van der Waals surface area contributed by atoms with Crippen molar-refractivity contribution in [3.63, 3.8) is 0 Å². The third-order valence-corrected chi connectivity index (χ3v) is 5.11. The number of hydrogen-bond acceptors (Lipinski definition) is 7. The molecule has 2 aromatic rings. The number of methoxy groups -OCH3 is 2. The van der Waals surface area contributed by atoms with Crippen LogP contribution in [0.15, 0.2) is 48.5 Å². The molecule has 7 heteroatoms. The van der Waals surface area contributed by atoms with Crippen LogP contribution in [0.25, 0.3) is 0 Å². The van der Waals surface area contributed by atoms with E-state index in [1.54, 1.807) is 14.2 Å². The quantitative estimate of drug-likeness (QED) is 0.564. The number of para-hydroxylation sites is 2. The van der Waals surface area contributed by atoms with E-state index in [2.05, 4.69) is 15.9 Å². The molecule has 164 valence electrons. The van der Waals surface area contributed by atoms with Crippen molar-refractivity contribution in [2.24, 2.45) is 0 Å². The number of benzene rings is 2. The lowest BCUT2D eigenvalue weighted by atomic mass is 10.2. The number of piperazine rings is 1. The zero-order valence-electron chi connectivity index (χ0n) is 17.8. The standard InChI is InChI=1S/C23H32N2O5/c1-27-20-6-5-7-21(16-20)30-15-14-29-18-19(26)17-24-10-12-25(13-11-24)22-8-3-4-9-23(22)28-2/h3-9,16,19,26H,10-15,17-18H2,1-2H3/t19-/m1/s1. The average Bonchev–Trinajstić information content (AvgIpc) is 2.79. The van der Waals surface area contributed by atoms with Gasteiger partial charge in [0.1, 0.15) is 23.9 Å². The zero-order valence-corrected chi connectivity index (χ0v) is 17.8. The summed E-state index contributed by atoms with van der Waals surface area (Å²) in [7, 11) is 3.33. The number of nitrogens with zero attached hydrogens (tertiary/aromatic N) is 2. The van der Waals surface area contributed by atoms with Crippen molar-refractivity contribution in [3.05, 3.63) is 48.5 Å². The number of aliphatic hydroxyl groups is 1. The molecule has 1 atom stereocenters. The SMILES string of the molecule is COc1cccc(OCCOC[C@H](O)CN2CCN(c3ccccc3OC)CC2)c1. The summed E-state index contributed by atoms with van der Waals surface area (Å²) in [5.74, 6) is 2.40. The third-order valence-electron chi connectivity index (χ3n) is 5.11. The van der Waals surface area contributed by atoms with E-state index < -0.39 is 6.10 Å². The van der Waals surface area contributed by atoms with Crippen LogP contribution in [-0.2, 0) is 4.74 Å². The number of ether oxygens (including phenoxy) is 4. The van der Waals surface area contributed by atoms with Crippen LogP contribution in [-0.4, -0.2) is 82.9 Å². The Bertz CT molecular complexity index is 765. The van der Waals surface area contributed by atoms with Crippen LogP contribution in [0.5, 0.6) is 17.2 Å². The first-order valence-corrected chi connectivity index (χ1v) is 10.3. The molecule has 1 fully saturated rings. The Morgan fingerprint density at radius 1 is 0.900 bits per heavy atom. The molecule has 30 heavy (non-hydrogen) atoms. The van der Waals surface area contributed by atoms with E-state index in [0.717, 1.165) is 49.1 Å². The zero-order chi connectivity index (χ0) is 21.2. The minimum atomic E-state index is -0.514. The van der Waals surface area contributed by atoms with Gasteiger partial charge in [-0.05, 0) is 24.3 Å². The average molecular weight is 417 g/mol. The van der Waals surface area contributed by atoms with Gasteiger partial charge in [-0.15, -0.1) is 0 Å². The maximum absolute atomic E-state index is 10.3. The van der Waals surface area contributed by atoms with Gasteiger partial charge < -0.3 is 29.0 Å². The Kier molecular flexibility index (Phi) is 8.62. The molecule has 0 saturated carbocycles. The van der Waals surface area contributed by atoms with Crippen molar-refractivity contribution in [1.29, 1.82) is 0 Å². The molecule has 2 aromatic carbocycles. The molecule has 0 spiro atoms. The molecular formula is C23H32N2O5. The van der Waals surface area contributed by atoms with Crippen LogP contribution in [0.1, 0.15) is 0 Å². The molecule has 1 aliphatic heterocycles. The van der Waals surface area contributed by atoms with E-state index >= 15 is 0 Å². The van der Waals surface area contributed by atoms with E-state index in [1.165, 1.54) is 0 Å². The van der Waals surface area contributed by atoms with Crippen LogP contribution in [0.3, 0.4) is 0 Å². The van der Waals surface area contributed by atoms with Crippen molar-refractivity contribution in [2.45, 2.75) is 6.10 Å². The van der Waals surface area contributed by atoms with Gasteiger partial charge in [-0.25, -0.2) is 0 Å². The highest BCUT2D eigenvalue weighted by Gasteiger charge is 2.21. The van der Waals surface area contributed by atoms with Crippen LogP contribution in [0.2, 0.25) is 0 Å². The second kappa shape index (κ2) is 11.6. The molecule has 0 aromatic heterocycles. The van der Waals surface area contributed by atoms with Crippen LogP contribution in [0, 0.1) is 0 Å². The van der Waals surface area contributed by atoms with Gasteiger partial charge in [0.2, 0.25) is 0 Å². The fraction of sp³-hybridized carbons (Fsp3) is 0.478. The van der Waals surface area contributed by atoms with Gasteiger partial charge in [0, 0.05) is 38.8 Å². The van der Waals surface area contributed by atoms with Crippen molar-refractivity contribution in [1.82, 2.24) is 4.90 Å². The second-order valence-electron chi connectivity index (χ2n) is 7.22. The summed E-state index contributed by atoms with van der Waals surface area (Å²) in [6.07, 6.45) is -0.514. The Hall–Kier alpha value is -2.48. The summed E-state index contributed by atoms with van der Waals surface area (Å²) in [4.78, 5) is 4.60. The largest absolute Gasteiger partial charge is 0.497 e. The first-order chi connectivity index (χ1) is 14.7. The summed E-state index contributed by atoms with van der Waals surface area (Å²) < 4.78 is 21.9. The first-order valence-electron chi connectivity index (χ1n) is 10.3. The van der Waals surface area contributed by atoms with Crippen molar-refractivity contribution < 1.29 is 24.1 Å². The van der Waals surface area contributed by atoms with Crippen LogP contribution in [0.4, 0.5) is 5.69 Å². The van der Waals surface area contributed by atoms with Gasteiger partial charge in [0.15, 0.2) is 0 Å². The highest BCUT2D eigenvalue weighted by molar-refractivity contribution is 5.58. The van der Waals surface area contributed by atoms with Crippen molar-refractivity contribution >= 4 is 5.69 Å². The highest BCUT2D eigenvalue weighted by Crippen LogP contribution is 2.28. The second-order valence-corrected chi connectivity index (χ2v) is 7.22. The van der Waals surface area contributed by atoms with E-state index in [4.69, 9.17) is 18.9 Å². The molecule has 0 bridgehead atoms. The fourth-order valence-electron chi connectivity index (χ4n) is 3.54. The number of rotatable bonds is 11. The van der Waals surface area contributed by atoms with E-state index in [-0.39, 0.29) is 0 Å². The third kappa shape index (κ3) is 6.52. The summed E-state index contributed by atoms with van der Waals surface area (Å²) in [6.45, 7) is 5.37. The van der Waals surface area contributed by atoms with Gasteiger partial charge in [-0.3, -0.25) is 4.90 Å². The predicted molar refractivity (Wildman–Crippen MR) is 117 cm³/mol. The Morgan fingerprint density at radius 2 is 1.67 bits per heavy atom. The molecule has 1 saturated heterocycles. The molecule has 0 amide bonds. The van der Waals surface area contributed by atoms with Crippen molar-refractivity contribution in [3.8, 4) is 17.2 Å². The molecule has 0 aliphatic carbocycles. The lowest BCUT2D eigenvalue weighted by Crippen LogP contribution is -2.49. The monoisotopic (exact) mass is 416 g/mol. The molecule has 1 aliphatic rings. The Balaban J connectivity index is 1.31. The molecular weight excluding hydrogens is 384 g/mol. The predicted octanol–water partition coefficient (Wildman–Crippen LogP) is 2.28. The molecule has 1 heterocycles. The van der Waals surface area contributed by atoms with Crippen molar-refractivity contribution in [2.75, 3.05) is 71.7 Å². The summed E-state index contributed by atoms with van der Waals surface area (Å²) in [6, 6.07) is 15.6. The van der Waals surface area contributed by atoms with E-state index in [9.17, 15) is 5.11 Å². The number of anilines is 1. The summed E-state index contributed by atoms with van der Waals surface area (Å²) in [5, 5.41) is 10.3. The van der Waals surface area contributed by atoms with Gasteiger partial charge in [0.05, 0.1) is 39.2 Å². The molecule has 7 nitrogen and oxygen atoms in total. The normalized spacial score (nSPS) is 15.6. The van der Waals surface area contributed by atoms with Gasteiger partial charge >= 0.3 is 0 Å². The minimum Gasteiger partial charge on any atom is -0.497 e. The maximum atomic E-state index is 10.3. The topological polar surface area (TPSA) is 63.6 Å². The van der Waals surface area contributed by atoms with Crippen LogP contribution < -0.4 is 19.1 Å². The lowest BCUT2D eigenvalue weighted by molar-refractivity contribution is 0.00716. The van der Waals surface area contributed by atoms with Gasteiger partial charge in [-0.1, -0.05) is 18.2 Å². The van der Waals surface area contributed by atoms with Crippen LogP contribution >= 0.6 is 0 Å². The Morgan fingerprint density at radius 3 is 2.43 bits per heavy atom. The molecule has 0 radical (unpaired) electrons. The summed E-state index contributed by atoms with van der Waals surface area (Å²) in [5.41, 5.74) is 1.12. The number of hydrogen-bond donors (Lipinski definition) is 1. The number of β-amino-alcohol motifs (C(OH)–C–C–N with tert-alkyl or cyclic N) is 1. The molecule has 1 N–H and O–H groups in total. The lowest BCUT2D eigenvalue weighted by Gasteiger charge is -2.37. The smallest absolute Gasteiger partial charge is 0.142 e. The first kappa shape index (κ1) is 22.2. The van der Waals surface area contributed by atoms with E-state index in [0.29, 0.717) is 26.4 Å². The summed E-state index contributed by atoms with van der Waals surface area (Å²) >= 11 is 0. The highest BCUT2D eigenvalue weighted by atomic mass is 16.5. The Labute approximate surface area is 178 Å². The molecule has 0 unspecified atom stereocenters. The number of aliphatic hydroxyl groups excluding tert-OH is 1. The maximum Gasteiger partial charge on any atom is 0.142 e. The van der Waals surface area contributed by atoms with E-state index in [1.807, 2.05) is 42.5 Å². The van der Waals surface area contributed by atoms with Gasteiger partial charge in [0.25, 0.3) is 0 Å². The fourth-order valence-corrected chi connectivity index (χ4v) is 3.54.